The summed E-state index contributed by atoms with van der Waals surface area (Å²) in [5, 5.41) is 8.21. The molecule has 1 aromatic heterocycles. The highest BCUT2D eigenvalue weighted by atomic mass is 19.4. The highest BCUT2D eigenvalue weighted by Crippen LogP contribution is 2.35. The van der Waals surface area contributed by atoms with Crippen molar-refractivity contribution in [2.75, 3.05) is 26.2 Å². The first-order valence-corrected chi connectivity index (χ1v) is 15.2. The maximum Gasteiger partial charge on any atom is 0.416 e. The summed E-state index contributed by atoms with van der Waals surface area (Å²) in [6.07, 6.45) is -1.13. The molecule has 2 fully saturated rings. The van der Waals surface area contributed by atoms with Crippen LogP contribution in [0.4, 0.5) is 17.6 Å². The molecule has 3 aliphatic heterocycles. The molecule has 3 aliphatic rings. The van der Waals surface area contributed by atoms with Crippen molar-refractivity contribution in [2.45, 2.75) is 38.4 Å². The van der Waals surface area contributed by atoms with Crippen molar-refractivity contribution >= 4 is 34.2 Å². The Labute approximate surface area is 262 Å². The fourth-order valence-corrected chi connectivity index (χ4v) is 6.42. The highest BCUT2D eigenvalue weighted by molar-refractivity contribution is 6.09. The number of carbonyl (C=O) groups excluding carboxylic acids is 1. The number of nitrogens with one attached hydrogen (secondary N) is 1. The molecule has 0 spiro atoms. The molecule has 7 rings (SSSR count). The first kappa shape index (κ1) is 29.6. The molecule has 4 aromatic rings. The molecule has 0 bridgehead atoms. The molecule has 0 aliphatic carbocycles. The Morgan fingerprint density at radius 2 is 1.85 bits per heavy atom. The quantitative estimate of drug-likeness (QED) is 0.222. The van der Waals surface area contributed by atoms with Crippen LogP contribution in [0.25, 0.3) is 16.5 Å². The van der Waals surface area contributed by atoms with Gasteiger partial charge in [-0.3, -0.25) is 10.1 Å². The number of piperazine rings is 1. The fourth-order valence-electron chi connectivity index (χ4n) is 6.42. The SMILES string of the molecule is Cc1ccc(C(F)(F)F)c(CN2CCNC3=[N+]=C=C(c4ccc(C(=O)N5CCC(c6noc7cc(F)ccc67)CC5)cc4)C=C32)c1. The Morgan fingerprint density at radius 1 is 1.07 bits per heavy atom. The van der Waals surface area contributed by atoms with E-state index in [1.807, 2.05) is 28.0 Å². The number of rotatable bonds is 5. The van der Waals surface area contributed by atoms with Crippen LogP contribution < -0.4 is 9.98 Å². The summed E-state index contributed by atoms with van der Waals surface area (Å²) in [5.41, 5.74) is 4.28. The third kappa shape index (κ3) is 5.71. The number of allylic oxidation sites excluding steroid dienone is 2. The summed E-state index contributed by atoms with van der Waals surface area (Å²) >= 11 is 0. The van der Waals surface area contributed by atoms with Gasteiger partial charge < -0.3 is 14.3 Å². The number of aromatic nitrogens is 1. The van der Waals surface area contributed by atoms with Crippen LogP contribution in [-0.2, 0) is 12.7 Å². The van der Waals surface area contributed by atoms with Crippen molar-refractivity contribution in [2.24, 2.45) is 0 Å². The largest absolute Gasteiger partial charge is 0.416 e. The topological polar surface area (TPSA) is 75.7 Å². The molecule has 1 N–H and O–H groups in total. The Bertz CT molecular complexity index is 1970. The van der Waals surface area contributed by atoms with Gasteiger partial charge in [-0.15, -0.1) is 0 Å². The number of alkyl halides is 3. The molecule has 4 heterocycles. The number of amidine groups is 1. The van der Waals surface area contributed by atoms with E-state index < -0.39 is 11.7 Å². The van der Waals surface area contributed by atoms with E-state index in [2.05, 4.69) is 21.0 Å². The molecule has 0 saturated carbocycles. The Balaban J connectivity index is 1.04. The van der Waals surface area contributed by atoms with Crippen LogP contribution in [0, 0.1) is 12.7 Å². The molecule has 46 heavy (non-hydrogen) atoms. The number of fused-ring (bicyclic) bond motifs is 2. The Hall–Kier alpha value is -5.11. The molecule has 234 valence electrons. The lowest BCUT2D eigenvalue weighted by atomic mass is 9.91. The number of benzene rings is 3. The zero-order chi connectivity index (χ0) is 32.0. The van der Waals surface area contributed by atoms with Crippen LogP contribution in [0.2, 0.25) is 0 Å². The lowest BCUT2D eigenvalue weighted by molar-refractivity contribution is -0.138. The van der Waals surface area contributed by atoms with Crippen LogP contribution in [0.15, 0.2) is 77.0 Å². The minimum atomic E-state index is -4.45. The van der Waals surface area contributed by atoms with E-state index in [0.717, 1.165) is 41.1 Å². The van der Waals surface area contributed by atoms with E-state index in [-0.39, 0.29) is 29.8 Å². The molecular weight excluding hydrogens is 598 g/mol. The molecule has 2 saturated heterocycles. The fraction of sp³-hybridized carbons (Fsp3) is 0.286. The van der Waals surface area contributed by atoms with Crippen LogP contribution in [0.5, 0.6) is 0 Å². The van der Waals surface area contributed by atoms with E-state index in [0.29, 0.717) is 54.4 Å². The maximum atomic E-state index is 13.8. The van der Waals surface area contributed by atoms with E-state index >= 15 is 0 Å². The molecule has 1 amide bonds. The molecule has 0 unspecified atom stereocenters. The lowest BCUT2D eigenvalue weighted by Gasteiger charge is -2.31. The predicted molar refractivity (Wildman–Crippen MR) is 167 cm³/mol. The van der Waals surface area contributed by atoms with Crippen molar-refractivity contribution in [3.05, 3.63) is 112 Å². The summed E-state index contributed by atoms with van der Waals surface area (Å²) in [6, 6.07) is 15.8. The van der Waals surface area contributed by atoms with Crippen LogP contribution in [0.3, 0.4) is 0 Å². The maximum absolute atomic E-state index is 13.8. The summed E-state index contributed by atoms with van der Waals surface area (Å²) in [5.74, 6) is 3.28. The zero-order valence-electron chi connectivity index (χ0n) is 25.0. The first-order chi connectivity index (χ1) is 22.1. The van der Waals surface area contributed by atoms with Gasteiger partial charge in [-0.05, 0) is 67.3 Å². The monoisotopic (exact) mass is 628 g/mol. The van der Waals surface area contributed by atoms with E-state index in [9.17, 15) is 22.4 Å². The van der Waals surface area contributed by atoms with Crippen molar-refractivity contribution in [1.82, 2.24) is 24.9 Å². The number of hydrogen-bond acceptors (Lipinski definition) is 5. The van der Waals surface area contributed by atoms with Crippen LogP contribution >= 0.6 is 0 Å². The number of hydrogen-bond donors (Lipinski definition) is 1. The standard InChI is InChI=1S/C35H29F4N5O2/c1-21-2-9-29(35(37,38)39)26(16-21)20-44-15-12-40-33-30(44)17-25(19-41-33)22-3-5-24(6-4-22)34(45)43-13-10-23(11-14-43)32-28-8-7-27(36)18-31(28)46-42-32/h2-9,16-18,23H,10-15,20H2,1H3/p+1. The molecule has 3 aromatic carbocycles. The van der Waals surface area contributed by atoms with Crippen molar-refractivity contribution < 1.29 is 26.9 Å². The smallest absolute Gasteiger partial charge is 0.356 e. The van der Waals surface area contributed by atoms with Gasteiger partial charge in [0.05, 0.1) is 23.4 Å². The van der Waals surface area contributed by atoms with E-state index in [1.165, 1.54) is 18.2 Å². The van der Waals surface area contributed by atoms with Gasteiger partial charge in [-0.25, -0.2) is 4.39 Å². The van der Waals surface area contributed by atoms with Crippen LogP contribution in [-0.4, -0.2) is 58.7 Å². The summed E-state index contributed by atoms with van der Waals surface area (Å²) in [7, 11) is 0. The number of aryl methyl sites for hydroxylation is 1. The second kappa shape index (κ2) is 11.7. The molecule has 11 heteroatoms. The zero-order valence-corrected chi connectivity index (χ0v) is 25.0. The van der Waals surface area contributed by atoms with Crippen LogP contribution in [0.1, 0.15) is 57.1 Å². The minimum Gasteiger partial charge on any atom is -0.356 e. The number of piperidine rings is 1. The normalized spacial score (nSPS) is 16.9. The Kier molecular flexibility index (Phi) is 7.51. The van der Waals surface area contributed by atoms with Gasteiger partial charge in [0.15, 0.2) is 11.5 Å². The van der Waals surface area contributed by atoms with Gasteiger partial charge in [-0.1, -0.05) is 35.0 Å². The average molecular weight is 629 g/mol. The second-order valence-electron chi connectivity index (χ2n) is 11.9. The van der Waals surface area contributed by atoms with E-state index in [4.69, 9.17) is 4.52 Å². The summed E-state index contributed by atoms with van der Waals surface area (Å²) in [4.78, 5) is 17.1. The van der Waals surface area contributed by atoms with Gasteiger partial charge in [0.2, 0.25) is 0 Å². The van der Waals surface area contributed by atoms with Gasteiger partial charge in [0, 0.05) is 42.6 Å². The number of halogens is 4. The van der Waals surface area contributed by atoms with Gasteiger partial charge >= 0.3 is 12.0 Å². The molecule has 0 radical (unpaired) electrons. The second-order valence-corrected chi connectivity index (χ2v) is 11.9. The van der Waals surface area contributed by atoms with Crippen molar-refractivity contribution in [3.63, 3.8) is 0 Å². The number of likely N-dealkylation sites (tertiary alicyclic amines) is 1. The molecule has 7 nitrogen and oxygen atoms in total. The van der Waals surface area contributed by atoms with E-state index in [1.54, 1.807) is 31.2 Å². The molecular formula is C35H30F4N5O2+. The average Bonchev–Trinajstić information content (AvgIpc) is 3.47. The summed E-state index contributed by atoms with van der Waals surface area (Å²) < 4.78 is 64.6. The van der Waals surface area contributed by atoms with Crippen molar-refractivity contribution in [1.29, 1.82) is 0 Å². The lowest BCUT2D eigenvalue weighted by Crippen LogP contribution is -2.47. The highest BCUT2D eigenvalue weighted by Gasteiger charge is 2.36. The van der Waals surface area contributed by atoms with Gasteiger partial charge in [0.1, 0.15) is 18.1 Å². The van der Waals surface area contributed by atoms with Crippen molar-refractivity contribution in [3.8, 4) is 0 Å². The third-order valence-electron chi connectivity index (χ3n) is 8.83. The Morgan fingerprint density at radius 3 is 2.61 bits per heavy atom. The van der Waals surface area contributed by atoms with Gasteiger partial charge in [0.25, 0.3) is 5.91 Å². The minimum absolute atomic E-state index is 0.0707. The number of nitrogens with zero attached hydrogens (tertiary/aromatic N) is 4. The number of amides is 1. The van der Waals surface area contributed by atoms with Gasteiger partial charge in [-0.2, -0.15) is 17.8 Å². The first-order valence-electron chi connectivity index (χ1n) is 15.2. The molecule has 0 atom stereocenters. The predicted octanol–water partition coefficient (Wildman–Crippen LogP) is 5.84. The number of carbonyl (C=O) groups is 1. The summed E-state index contributed by atoms with van der Waals surface area (Å²) in [6.45, 7) is 4.05. The third-order valence-corrected chi connectivity index (χ3v) is 8.83.